The molecule has 0 amide bonds. The van der Waals surface area contributed by atoms with Gasteiger partial charge in [0.05, 0.1) is 17.6 Å². The van der Waals surface area contributed by atoms with E-state index in [4.69, 9.17) is 16.3 Å². The van der Waals surface area contributed by atoms with Crippen molar-refractivity contribution in [2.75, 3.05) is 32.5 Å². The highest BCUT2D eigenvalue weighted by Crippen LogP contribution is 2.21. The second kappa shape index (κ2) is 9.27. The van der Waals surface area contributed by atoms with Crippen LogP contribution in [0.25, 0.3) is 0 Å². The molecule has 5 nitrogen and oxygen atoms in total. The standard InChI is InChI=1S/C21H26ClNO4S/c1-28(25,26)20-7-5-19(6-8-20)27-15-17-14-23(12-10-21(17)24)11-9-16-3-2-4-18(22)13-16/h2-8,13,17,21,24H,9-12,14-15H2,1H3. The summed E-state index contributed by atoms with van der Waals surface area (Å²) in [5.74, 6) is 0.623. The van der Waals surface area contributed by atoms with Gasteiger partial charge in [0, 0.05) is 36.8 Å². The number of halogens is 1. The molecule has 28 heavy (non-hydrogen) atoms. The summed E-state index contributed by atoms with van der Waals surface area (Å²) in [5, 5.41) is 11.1. The van der Waals surface area contributed by atoms with Crippen LogP contribution in [-0.2, 0) is 16.3 Å². The zero-order valence-electron chi connectivity index (χ0n) is 15.9. The third kappa shape index (κ3) is 5.95. The van der Waals surface area contributed by atoms with Crippen molar-refractivity contribution in [2.24, 2.45) is 5.92 Å². The molecule has 1 saturated heterocycles. The molecule has 0 bridgehead atoms. The van der Waals surface area contributed by atoms with E-state index in [0.717, 1.165) is 37.5 Å². The van der Waals surface area contributed by atoms with Crippen LogP contribution in [0.3, 0.4) is 0 Å². The van der Waals surface area contributed by atoms with Gasteiger partial charge in [-0.3, -0.25) is 0 Å². The van der Waals surface area contributed by atoms with Gasteiger partial charge in [-0.25, -0.2) is 8.42 Å². The highest BCUT2D eigenvalue weighted by molar-refractivity contribution is 7.90. The summed E-state index contributed by atoms with van der Waals surface area (Å²) in [6.07, 6.45) is 2.42. The molecule has 2 unspecified atom stereocenters. The number of likely N-dealkylation sites (tertiary alicyclic amines) is 1. The zero-order chi connectivity index (χ0) is 20.1. The summed E-state index contributed by atoms with van der Waals surface area (Å²) < 4.78 is 28.9. The van der Waals surface area contributed by atoms with Crippen molar-refractivity contribution in [3.8, 4) is 5.75 Å². The Hall–Kier alpha value is -1.60. The van der Waals surface area contributed by atoms with E-state index >= 15 is 0 Å². The van der Waals surface area contributed by atoms with Crippen LogP contribution in [0.15, 0.2) is 53.4 Å². The normalized spacial score (nSPS) is 20.8. The molecule has 152 valence electrons. The number of nitrogens with zero attached hydrogens (tertiary/aromatic N) is 1. The number of ether oxygens (including phenoxy) is 1. The minimum absolute atomic E-state index is 0.0164. The summed E-state index contributed by atoms with van der Waals surface area (Å²) >= 11 is 6.05. The van der Waals surface area contributed by atoms with Crippen molar-refractivity contribution in [1.82, 2.24) is 4.90 Å². The van der Waals surface area contributed by atoms with E-state index in [1.807, 2.05) is 18.2 Å². The highest BCUT2D eigenvalue weighted by atomic mass is 35.5. The van der Waals surface area contributed by atoms with E-state index < -0.39 is 15.9 Å². The fourth-order valence-electron chi connectivity index (χ4n) is 3.43. The third-order valence-corrected chi connectivity index (χ3v) is 6.46. The predicted molar refractivity (Wildman–Crippen MR) is 111 cm³/mol. The quantitative estimate of drug-likeness (QED) is 0.741. The fraction of sp³-hybridized carbons (Fsp3) is 0.429. The number of hydrogen-bond acceptors (Lipinski definition) is 5. The molecule has 1 aliphatic heterocycles. The average molecular weight is 424 g/mol. The van der Waals surface area contributed by atoms with Gasteiger partial charge in [0.25, 0.3) is 0 Å². The molecule has 0 radical (unpaired) electrons. The number of aliphatic hydroxyl groups excluding tert-OH is 1. The van der Waals surface area contributed by atoms with E-state index in [0.29, 0.717) is 12.4 Å². The Bertz CT molecular complexity index is 886. The molecule has 0 saturated carbocycles. The SMILES string of the molecule is CS(=O)(=O)c1ccc(OCC2CN(CCc3cccc(Cl)c3)CCC2O)cc1. The van der Waals surface area contributed by atoms with E-state index in [9.17, 15) is 13.5 Å². The van der Waals surface area contributed by atoms with E-state index in [1.165, 1.54) is 11.8 Å². The van der Waals surface area contributed by atoms with E-state index in [2.05, 4.69) is 11.0 Å². The molecule has 1 heterocycles. The van der Waals surface area contributed by atoms with Gasteiger partial charge < -0.3 is 14.7 Å². The number of rotatable bonds is 7. The highest BCUT2D eigenvalue weighted by Gasteiger charge is 2.28. The Balaban J connectivity index is 1.51. The molecule has 2 aromatic carbocycles. The molecule has 1 aliphatic rings. The summed E-state index contributed by atoms with van der Waals surface area (Å²) in [6, 6.07) is 14.3. The van der Waals surface area contributed by atoms with Gasteiger partial charge in [0.2, 0.25) is 0 Å². The molecular formula is C21H26ClNO4S. The van der Waals surface area contributed by atoms with Crippen LogP contribution < -0.4 is 4.74 Å². The molecule has 1 fully saturated rings. The Morgan fingerprint density at radius 2 is 1.96 bits per heavy atom. The second-order valence-corrected chi connectivity index (χ2v) is 9.80. The van der Waals surface area contributed by atoms with Crippen molar-refractivity contribution in [2.45, 2.75) is 23.8 Å². The van der Waals surface area contributed by atoms with Crippen molar-refractivity contribution in [3.05, 3.63) is 59.1 Å². The van der Waals surface area contributed by atoms with Crippen LogP contribution in [0, 0.1) is 5.92 Å². The Morgan fingerprint density at radius 3 is 2.64 bits per heavy atom. The Kier molecular flexibility index (Phi) is 6.99. The minimum atomic E-state index is -3.21. The first kappa shape index (κ1) is 21.1. The van der Waals surface area contributed by atoms with Crippen LogP contribution in [0.2, 0.25) is 5.02 Å². The van der Waals surface area contributed by atoms with Crippen molar-refractivity contribution < 1.29 is 18.3 Å². The molecule has 2 atom stereocenters. The van der Waals surface area contributed by atoms with Crippen LogP contribution in [0.5, 0.6) is 5.75 Å². The van der Waals surface area contributed by atoms with Gasteiger partial charge in [-0.15, -0.1) is 0 Å². The second-order valence-electron chi connectivity index (χ2n) is 7.35. The van der Waals surface area contributed by atoms with Crippen LogP contribution in [0.4, 0.5) is 0 Å². The molecule has 7 heteroatoms. The first-order chi connectivity index (χ1) is 13.3. The monoisotopic (exact) mass is 423 g/mol. The lowest BCUT2D eigenvalue weighted by Crippen LogP contribution is -2.46. The summed E-state index contributed by atoms with van der Waals surface area (Å²) in [7, 11) is -3.21. The Morgan fingerprint density at radius 1 is 1.21 bits per heavy atom. The number of benzene rings is 2. The van der Waals surface area contributed by atoms with E-state index in [-0.39, 0.29) is 10.8 Å². The summed E-state index contributed by atoms with van der Waals surface area (Å²) in [6.45, 7) is 2.93. The number of sulfone groups is 1. The smallest absolute Gasteiger partial charge is 0.175 e. The largest absolute Gasteiger partial charge is 0.493 e. The van der Waals surface area contributed by atoms with Gasteiger partial charge >= 0.3 is 0 Å². The fourth-order valence-corrected chi connectivity index (χ4v) is 4.27. The van der Waals surface area contributed by atoms with Crippen LogP contribution in [-0.4, -0.2) is 57.0 Å². The lowest BCUT2D eigenvalue weighted by Gasteiger charge is -2.36. The van der Waals surface area contributed by atoms with Gasteiger partial charge in [-0.1, -0.05) is 23.7 Å². The molecular weight excluding hydrogens is 398 g/mol. The average Bonchev–Trinajstić information content (AvgIpc) is 2.66. The number of aliphatic hydroxyl groups is 1. The molecule has 0 aliphatic carbocycles. The zero-order valence-corrected chi connectivity index (χ0v) is 17.5. The lowest BCUT2D eigenvalue weighted by molar-refractivity contribution is 0.00592. The molecule has 2 aromatic rings. The molecule has 1 N–H and O–H groups in total. The minimum Gasteiger partial charge on any atom is -0.493 e. The topological polar surface area (TPSA) is 66.8 Å². The van der Waals surface area contributed by atoms with Crippen molar-refractivity contribution in [3.63, 3.8) is 0 Å². The van der Waals surface area contributed by atoms with Crippen molar-refractivity contribution in [1.29, 1.82) is 0 Å². The number of hydrogen-bond donors (Lipinski definition) is 1. The number of piperidine rings is 1. The van der Waals surface area contributed by atoms with Gasteiger partial charge in [0.15, 0.2) is 9.84 Å². The maximum absolute atomic E-state index is 11.5. The maximum atomic E-state index is 11.5. The van der Waals surface area contributed by atoms with Crippen LogP contribution >= 0.6 is 11.6 Å². The van der Waals surface area contributed by atoms with Crippen LogP contribution in [0.1, 0.15) is 12.0 Å². The Labute approximate surface area is 171 Å². The molecule has 0 aromatic heterocycles. The molecule has 0 spiro atoms. The van der Waals surface area contributed by atoms with Gasteiger partial charge in [-0.05, 0) is 54.8 Å². The van der Waals surface area contributed by atoms with Gasteiger partial charge in [0.1, 0.15) is 5.75 Å². The van der Waals surface area contributed by atoms with E-state index in [1.54, 1.807) is 24.3 Å². The maximum Gasteiger partial charge on any atom is 0.175 e. The summed E-state index contributed by atoms with van der Waals surface area (Å²) in [5.41, 5.74) is 1.21. The first-order valence-electron chi connectivity index (χ1n) is 9.39. The molecule has 3 rings (SSSR count). The lowest BCUT2D eigenvalue weighted by atomic mass is 9.95. The third-order valence-electron chi connectivity index (χ3n) is 5.10. The first-order valence-corrected chi connectivity index (χ1v) is 11.7. The van der Waals surface area contributed by atoms with Gasteiger partial charge in [-0.2, -0.15) is 0 Å². The predicted octanol–water partition coefficient (Wildman–Crippen LogP) is 3.05. The summed E-state index contributed by atoms with van der Waals surface area (Å²) in [4.78, 5) is 2.61. The van der Waals surface area contributed by atoms with Crippen molar-refractivity contribution >= 4 is 21.4 Å².